The fourth-order valence-corrected chi connectivity index (χ4v) is 4.37. The molecule has 4 aromatic rings. The Bertz CT molecular complexity index is 1320. The summed E-state index contributed by atoms with van der Waals surface area (Å²) in [4.78, 5) is 29.6. The predicted molar refractivity (Wildman–Crippen MR) is 131 cm³/mol. The average molecular weight is 469 g/mol. The minimum atomic E-state index is -0.330. The summed E-state index contributed by atoms with van der Waals surface area (Å²) < 4.78 is 18.7. The molecule has 35 heavy (non-hydrogen) atoms. The van der Waals surface area contributed by atoms with Crippen molar-refractivity contribution in [1.29, 1.82) is 0 Å². The lowest BCUT2D eigenvalue weighted by Crippen LogP contribution is -2.36. The van der Waals surface area contributed by atoms with Crippen LogP contribution in [0.3, 0.4) is 0 Å². The summed E-state index contributed by atoms with van der Waals surface area (Å²) in [5.41, 5.74) is 4.85. The Labute approximate surface area is 203 Å². The summed E-state index contributed by atoms with van der Waals surface area (Å²) in [5.74, 6) is -0.321. The van der Waals surface area contributed by atoms with Gasteiger partial charge in [-0.1, -0.05) is 48.5 Å². The molecule has 0 unspecified atom stereocenters. The maximum atomic E-state index is 13.4. The van der Waals surface area contributed by atoms with Crippen molar-refractivity contribution in [3.05, 3.63) is 125 Å². The fraction of sp³-hybridized carbons (Fsp3) is 0.172. The van der Waals surface area contributed by atoms with Crippen LogP contribution < -0.4 is 4.90 Å². The van der Waals surface area contributed by atoms with Gasteiger partial charge in [0.1, 0.15) is 5.82 Å². The van der Waals surface area contributed by atoms with E-state index < -0.39 is 0 Å². The summed E-state index contributed by atoms with van der Waals surface area (Å²) in [5, 5.41) is 0. The first-order valence-electron chi connectivity index (χ1n) is 11.6. The van der Waals surface area contributed by atoms with Gasteiger partial charge in [-0.05, 0) is 65.1 Å². The van der Waals surface area contributed by atoms with Crippen LogP contribution in [0.1, 0.15) is 32.8 Å². The van der Waals surface area contributed by atoms with Crippen molar-refractivity contribution < 1.29 is 18.4 Å². The molecule has 0 saturated heterocycles. The third-order valence-corrected chi connectivity index (χ3v) is 6.32. The summed E-state index contributed by atoms with van der Waals surface area (Å²) in [7, 11) is 0. The summed E-state index contributed by atoms with van der Waals surface area (Å²) in [6.45, 7) is 1.61. The number of furan rings is 1. The molecule has 1 aromatic heterocycles. The second-order valence-electron chi connectivity index (χ2n) is 8.67. The van der Waals surface area contributed by atoms with Crippen molar-refractivity contribution in [3.8, 4) is 0 Å². The lowest BCUT2D eigenvalue weighted by Gasteiger charge is -2.29. The Balaban J connectivity index is 1.31. The first-order chi connectivity index (χ1) is 17.1. The van der Waals surface area contributed by atoms with Crippen molar-refractivity contribution in [3.63, 3.8) is 0 Å². The number of rotatable bonds is 6. The third kappa shape index (κ3) is 5.17. The Morgan fingerprint density at radius 3 is 2.29 bits per heavy atom. The van der Waals surface area contributed by atoms with E-state index in [0.29, 0.717) is 18.7 Å². The van der Waals surface area contributed by atoms with Gasteiger partial charge in [-0.2, -0.15) is 0 Å². The van der Waals surface area contributed by atoms with Gasteiger partial charge in [-0.15, -0.1) is 0 Å². The van der Waals surface area contributed by atoms with Crippen LogP contribution in [0.25, 0.3) is 0 Å². The zero-order valence-corrected chi connectivity index (χ0v) is 19.2. The summed E-state index contributed by atoms with van der Waals surface area (Å²) in [6.07, 6.45) is 2.62. The molecule has 5 nitrogen and oxygen atoms in total. The molecule has 0 N–H and O–H groups in total. The summed E-state index contributed by atoms with van der Waals surface area (Å²) >= 11 is 0. The van der Waals surface area contributed by atoms with E-state index in [-0.39, 0.29) is 29.9 Å². The summed E-state index contributed by atoms with van der Waals surface area (Å²) in [6, 6.07) is 25.0. The molecule has 0 fully saturated rings. The second-order valence-corrected chi connectivity index (χ2v) is 8.67. The molecule has 0 atom stereocenters. The van der Waals surface area contributed by atoms with E-state index in [0.717, 1.165) is 24.1 Å². The second kappa shape index (κ2) is 9.97. The van der Waals surface area contributed by atoms with Gasteiger partial charge in [-0.3, -0.25) is 9.59 Å². The van der Waals surface area contributed by atoms with Crippen molar-refractivity contribution >= 4 is 17.5 Å². The van der Waals surface area contributed by atoms with Crippen molar-refractivity contribution in [1.82, 2.24) is 4.90 Å². The number of benzene rings is 3. The Morgan fingerprint density at radius 2 is 1.57 bits per heavy atom. The molecular weight excluding hydrogens is 443 g/mol. The van der Waals surface area contributed by atoms with Crippen LogP contribution in [0, 0.1) is 5.82 Å². The van der Waals surface area contributed by atoms with Gasteiger partial charge in [-0.25, -0.2) is 4.39 Å². The molecule has 0 saturated carbocycles. The van der Waals surface area contributed by atoms with Gasteiger partial charge >= 0.3 is 0 Å². The molecule has 0 spiro atoms. The van der Waals surface area contributed by atoms with Gasteiger partial charge in [0, 0.05) is 18.8 Å². The number of hydrogen-bond acceptors (Lipinski definition) is 3. The van der Waals surface area contributed by atoms with E-state index in [9.17, 15) is 14.0 Å². The molecule has 3 aromatic carbocycles. The maximum absolute atomic E-state index is 13.4. The highest BCUT2D eigenvalue weighted by atomic mass is 19.1. The third-order valence-electron chi connectivity index (χ3n) is 6.32. The van der Waals surface area contributed by atoms with Gasteiger partial charge in [0.15, 0.2) is 5.76 Å². The smallest absolute Gasteiger partial charge is 0.294 e. The normalized spacial score (nSPS) is 12.8. The van der Waals surface area contributed by atoms with Crippen LogP contribution in [0.15, 0.2) is 95.6 Å². The molecule has 1 aliphatic heterocycles. The fourth-order valence-electron chi connectivity index (χ4n) is 4.37. The molecule has 176 valence electrons. The SMILES string of the molecule is O=C(Cc1ccc(N(Cc2ccc(F)cc2)C(=O)c2ccco2)cc1)N1CCc2ccccc2C1. The lowest BCUT2D eigenvalue weighted by molar-refractivity contribution is -0.131. The minimum Gasteiger partial charge on any atom is -0.459 e. The molecule has 0 radical (unpaired) electrons. The topological polar surface area (TPSA) is 53.8 Å². The number of halogens is 1. The highest BCUT2D eigenvalue weighted by Crippen LogP contribution is 2.23. The molecule has 2 amide bonds. The van der Waals surface area contributed by atoms with Crippen LogP contribution in [0.4, 0.5) is 10.1 Å². The molecule has 1 aliphatic rings. The number of hydrogen-bond donors (Lipinski definition) is 0. The molecule has 5 rings (SSSR count). The van der Waals surface area contributed by atoms with Crippen molar-refractivity contribution in [2.45, 2.75) is 25.9 Å². The molecular formula is C29H25FN2O3. The zero-order chi connectivity index (χ0) is 24.2. The zero-order valence-electron chi connectivity index (χ0n) is 19.2. The molecule has 2 heterocycles. The van der Waals surface area contributed by atoms with Crippen LogP contribution in [0.2, 0.25) is 0 Å². The van der Waals surface area contributed by atoms with E-state index in [1.165, 1.54) is 29.5 Å². The largest absolute Gasteiger partial charge is 0.459 e. The van der Waals surface area contributed by atoms with E-state index in [4.69, 9.17) is 4.42 Å². The van der Waals surface area contributed by atoms with E-state index in [1.807, 2.05) is 41.3 Å². The number of amides is 2. The number of carbonyl (C=O) groups is 2. The number of anilines is 1. The Hall–Kier alpha value is -4.19. The van der Waals surface area contributed by atoms with Crippen LogP contribution >= 0.6 is 0 Å². The molecule has 0 aliphatic carbocycles. The molecule has 6 heteroatoms. The van der Waals surface area contributed by atoms with E-state index in [2.05, 4.69) is 12.1 Å². The minimum absolute atomic E-state index is 0.0853. The highest BCUT2D eigenvalue weighted by molar-refractivity contribution is 6.04. The van der Waals surface area contributed by atoms with Crippen molar-refractivity contribution in [2.24, 2.45) is 0 Å². The number of carbonyl (C=O) groups excluding carboxylic acids is 2. The monoisotopic (exact) mass is 468 g/mol. The van der Waals surface area contributed by atoms with Gasteiger partial charge in [0.2, 0.25) is 5.91 Å². The highest BCUT2D eigenvalue weighted by Gasteiger charge is 2.22. The quantitative estimate of drug-likeness (QED) is 0.381. The standard InChI is InChI=1S/C29H25FN2O3/c30-25-11-7-22(8-12-25)19-32(29(34)27-6-3-17-35-27)26-13-9-21(10-14-26)18-28(33)31-16-15-23-4-1-2-5-24(23)20-31/h1-14,17H,15-16,18-20H2. The number of fused-ring (bicyclic) bond motifs is 1. The Kier molecular flexibility index (Phi) is 6.44. The predicted octanol–water partition coefficient (Wildman–Crippen LogP) is 5.39. The number of nitrogens with zero attached hydrogens (tertiary/aromatic N) is 2. The van der Waals surface area contributed by atoms with Gasteiger partial charge in [0.05, 0.1) is 19.2 Å². The first kappa shape index (κ1) is 22.6. The first-order valence-corrected chi connectivity index (χ1v) is 11.6. The van der Waals surface area contributed by atoms with Crippen LogP contribution in [-0.4, -0.2) is 23.3 Å². The van der Waals surface area contributed by atoms with Crippen molar-refractivity contribution in [2.75, 3.05) is 11.4 Å². The maximum Gasteiger partial charge on any atom is 0.294 e. The Morgan fingerprint density at radius 1 is 0.857 bits per heavy atom. The molecule has 0 bridgehead atoms. The van der Waals surface area contributed by atoms with Gasteiger partial charge < -0.3 is 14.2 Å². The van der Waals surface area contributed by atoms with Crippen LogP contribution in [-0.2, 0) is 30.7 Å². The van der Waals surface area contributed by atoms with Crippen LogP contribution in [0.5, 0.6) is 0 Å². The average Bonchev–Trinajstić information content (AvgIpc) is 3.43. The van der Waals surface area contributed by atoms with E-state index in [1.54, 1.807) is 29.2 Å². The lowest BCUT2D eigenvalue weighted by atomic mass is 9.99. The van der Waals surface area contributed by atoms with Gasteiger partial charge in [0.25, 0.3) is 5.91 Å². The van der Waals surface area contributed by atoms with E-state index >= 15 is 0 Å².